The monoisotopic (exact) mass is 358 g/mol. The Morgan fingerprint density at radius 2 is 1.85 bits per heavy atom. The van der Waals surface area contributed by atoms with Gasteiger partial charge < -0.3 is 15.5 Å². The molecular formula is C18H19FN4O3. The number of nitro benzene ring substituents is 1. The minimum absolute atomic E-state index is 0.0190. The average molecular weight is 358 g/mol. The number of amides is 2. The highest BCUT2D eigenvalue weighted by atomic mass is 19.1. The summed E-state index contributed by atoms with van der Waals surface area (Å²) in [5, 5.41) is 16.8. The van der Waals surface area contributed by atoms with E-state index in [1.165, 1.54) is 12.1 Å². The van der Waals surface area contributed by atoms with Crippen molar-refractivity contribution in [3.8, 4) is 0 Å². The second kappa shape index (κ2) is 7.81. The third-order valence-electron chi connectivity index (χ3n) is 4.34. The summed E-state index contributed by atoms with van der Waals surface area (Å²) in [7, 11) is 0. The van der Waals surface area contributed by atoms with Gasteiger partial charge in [-0.3, -0.25) is 10.1 Å². The number of carbonyl (C=O) groups is 1. The van der Waals surface area contributed by atoms with Crippen LogP contribution in [0.2, 0.25) is 0 Å². The summed E-state index contributed by atoms with van der Waals surface area (Å²) in [6.07, 6.45) is 1.30. The van der Waals surface area contributed by atoms with Crippen LogP contribution in [0.3, 0.4) is 0 Å². The van der Waals surface area contributed by atoms with Gasteiger partial charge in [0.1, 0.15) is 11.5 Å². The zero-order valence-electron chi connectivity index (χ0n) is 14.0. The number of anilines is 2. The van der Waals surface area contributed by atoms with E-state index < -0.39 is 10.7 Å². The van der Waals surface area contributed by atoms with Crippen LogP contribution < -0.4 is 15.5 Å². The first-order valence-corrected chi connectivity index (χ1v) is 8.34. The summed E-state index contributed by atoms with van der Waals surface area (Å²) in [6.45, 7) is 1.09. The Balaban J connectivity index is 1.56. The first-order chi connectivity index (χ1) is 12.5. The van der Waals surface area contributed by atoms with Crippen LogP contribution in [-0.2, 0) is 0 Å². The zero-order valence-corrected chi connectivity index (χ0v) is 14.0. The van der Waals surface area contributed by atoms with Crippen LogP contribution in [0.1, 0.15) is 12.8 Å². The number of nitrogens with zero attached hydrogens (tertiary/aromatic N) is 2. The molecule has 0 aromatic heterocycles. The number of urea groups is 1. The largest absolute Gasteiger partial charge is 0.366 e. The van der Waals surface area contributed by atoms with Crippen LogP contribution in [0.15, 0.2) is 48.5 Å². The van der Waals surface area contributed by atoms with Crippen molar-refractivity contribution in [3.05, 3.63) is 64.5 Å². The molecular weight excluding hydrogens is 339 g/mol. The second-order valence-electron chi connectivity index (χ2n) is 6.12. The number of hydrogen-bond acceptors (Lipinski definition) is 4. The van der Waals surface area contributed by atoms with E-state index in [9.17, 15) is 19.3 Å². The molecule has 0 unspecified atom stereocenters. The molecule has 7 nitrogen and oxygen atoms in total. The maximum Gasteiger partial charge on any atom is 0.319 e. The summed E-state index contributed by atoms with van der Waals surface area (Å²) < 4.78 is 13.3. The normalized spacial score (nSPS) is 14.7. The fraction of sp³-hybridized carbons (Fsp3) is 0.278. The van der Waals surface area contributed by atoms with Gasteiger partial charge in [0, 0.05) is 24.8 Å². The minimum Gasteiger partial charge on any atom is -0.366 e. The molecule has 1 aliphatic rings. The van der Waals surface area contributed by atoms with Gasteiger partial charge in [0.05, 0.1) is 11.0 Å². The van der Waals surface area contributed by atoms with Crippen molar-refractivity contribution in [1.82, 2.24) is 5.32 Å². The fourth-order valence-electron chi connectivity index (χ4n) is 3.05. The molecule has 3 rings (SSSR count). The number of piperidine rings is 1. The fourth-order valence-corrected chi connectivity index (χ4v) is 3.05. The van der Waals surface area contributed by atoms with E-state index in [-0.39, 0.29) is 17.8 Å². The van der Waals surface area contributed by atoms with E-state index >= 15 is 0 Å². The van der Waals surface area contributed by atoms with Gasteiger partial charge in [0.15, 0.2) is 0 Å². The number of benzene rings is 2. The number of para-hydroxylation sites is 1. The van der Waals surface area contributed by atoms with Crippen LogP contribution in [0.25, 0.3) is 0 Å². The highest BCUT2D eigenvalue weighted by Crippen LogP contribution is 2.30. The first kappa shape index (κ1) is 17.7. The third kappa shape index (κ3) is 4.27. The molecule has 0 saturated carbocycles. The van der Waals surface area contributed by atoms with Gasteiger partial charge in [-0.2, -0.15) is 0 Å². The van der Waals surface area contributed by atoms with Gasteiger partial charge in [0.2, 0.25) is 0 Å². The molecule has 2 aromatic rings. The van der Waals surface area contributed by atoms with Gasteiger partial charge in [-0.05, 0) is 37.1 Å². The molecule has 1 saturated heterocycles. The quantitative estimate of drug-likeness (QED) is 0.647. The van der Waals surface area contributed by atoms with Crippen LogP contribution >= 0.6 is 0 Å². The lowest BCUT2D eigenvalue weighted by molar-refractivity contribution is -0.384. The standard InChI is InChI=1S/C18H19FN4O3/c19-13-6-7-16(17(12-13)23(25)26)22-10-8-15(9-11-22)21-18(24)20-14-4-2-1-3-5-14/h1-7,12,15H,8-11H2,(H2,20,21,24). The van der Waals surface area contributed by atoms with Gasteiger partial charge in [-0.15, -0.1) is 0 Å². The molecule has 2 N–H and O–H groups in total. The Hall–Kier alpha value is -3.16. The molecule has 26 heavy (non-hydrogen) atoms. The predicted octanol–water partition coefficient (Wildman–Crippen LogP) is 3.52. The Morgan fingerprint density at radius 3 is 2.50 bits per heavy atom. The van der Waals surface area contributed by atoms with Crippen molar-refractivity contribution >= 4 is 23.1 Å². The van der Waals surface area contributed by atoms with Crippen molar-refractivity contribution in [3.63, 3.8) is 0 Å². The SMILES string of the molecule is O=C(Nc1ccccc1)NC1CCN(c2ccc(F)cc2[N+](=O)[O-])CC1. The molecule has 0 radical (unpaired) electrons. The number of carbonyl (C=O) groups excluding carboxylic acids is 1. The molecule has 0 spiro atoms. The van der Waals surface area contributed by atoms with Gasteiger partial charge in [-0.25, -0.2) is 9.18 Å². The van der Waals surface area contributed by atoms with Gasteiger partial charge >= 0.3 is 6.03 Å². The molecule has 0 bridgehead atoms. The lowest BCUT2D eigenvalue weighted by Gasteiger charge is -2.33. The van der Waals surface area contributed by atoms with Gasteiger partial charge in [-0.1, -0.05) is 18.2 Å². The number of halogens is 1. The first-order valence-electron chi connectivity index (χ1n) is 8.34. The maximum atomic E-state index is 13.3. The topological polar surface area (TPSA) is 87.5 Å². The lowest BCUT2D eigenvalue weighted by atomic mass is 10.0. The molecule has 2 aromatic carbocycles. The van der Waals surface area contributed by atoms with Gasteiger partial charge in [0.25, 0.3) is 5.69 Å². The van der Waals surface area contributed by atoms with Crippen LogP contribution in [0.4, 0.5) is 26.2 Å². The van der Waals surface area contributed by atoms with E-state index in [1.54, 1.807) is 12.1 Å². The molecule has 0 atom stereocenters. The van der Waals surface area contributed by atoms with Crippen LogP contribution in [0.5, 0.6) is 0 Å². The summed E-state index contributed by atoms with van der Waals surface area (Å²) in [5.41, 5.74) is 0.881. The van der Waals surface area contributed by atoms with Crippen molar-refractivity contribution in [2.75, 3.05) is 23.3 Å². The van der Waals surface area contributed by atoms with E-state index in [1.807, 2.05) is 23.1 Å². The van der Waals surface area contributed by atoms with Crippen LogP contribution in [-0.4, -0.2) is 30.1 Å². The van der Waals surface area contributed by atoms with Crippen molar-refractivity contribution in [1.29, 1.82) is 0 Å². The zero-order chi connectivity index (χ0) is 18.5. The molecule has 8 heteroatoms. The van der Waals surface area contributed by atoms with Crippen molar-refractivity contribution in [2.45, 2.75) is 18.9 Å². The Bertz CT molecular complexity index is 792. The molecule has 1 aliphatic heterocycles. The molecule has 2 amide bonds. The number of nitro groups is 1. The van der Waals surface area contributed by atoms with E-state index in [4.69, 9.17) is 0 Å². The Labute approximate surface area is 150 Å². The van der Waals surface area contributed by atoms with E-state index in [2.05, 4.69) is 10.6 Å². The highest BCUT2D eigenvalue weighted by Gasteiger charge is 2.26. The third-order valence-corrected chi connectivity index (χ3v) is 4.34. The average Bonchev–Trinajstić information content (AvgIpc) is 2.63. The number of rotatable bonds is 4. The summed E-state index contributed by atoms with van der Waals surface area (Å²) in [5.74, 6) is -0.630. The summed E-state index contributed by atoms with van der Waals surface area (Å²) in [6, 6.07) is 12.4. The lowest BCUT2D eigenvalue weighted by Crippen LogP contribution is -2.46. The molecule has 0 aliphatic carbocycles. The molecule has 1 fully saturated rings. The minimum atomic E-state index is -0.630. The van der Waals surface area contributed by atoms with Crippen LogP contribution in [0, 0.1) is 15.9 Å². The predicted molar refractivity (Wildman–Crippen MR) is 96.9 cm³/mol. The second-order valence-corrected chi connectivity index (χ2v) is 6.12. The summed E-state index contributed by atoms with van der Waals surface area (Å²) in [4.78, 5) is 24.5. The summed E-state index contributed by atoms with van der Waals surface area (Å²) >= 11 is 0. The highest BCUT2D eigenvalue weighted by molar-refractivity contribution is 5.89. The van der Waals surface area contributed by atoms with E-state index in [0.29, 0.717) is 37.3 Å². The number of nitrogens with one attached hydrogen (secondary N) is 2. The maximum absolute atomic E-state index is 13.3. The van der Waals surface area contributed by atoms with E-state index in [0.717, 1.165) is 6.07 Å². The molecule has 1 heterocycles. The Morgan fingerprint density at radius 1 is 1.15 bits per heavy atom. The molecule has 136 valence electrons. The number of hydrogen-bond donors (Lipinski definition) is 2. The Kier molecular flexibility index (Phi) is 5.31. The van der Waals surface area contributed by atoms with Crippen molar-refractivity contribution in [2.24, 2.45) is 0 Å². The smallest absolute Gasteiger partial charge is 0.319 e. The van der Waals surface area contributed by atoms with Crippen molar-refractivity contribution < 1.29 is 14.1 Å².